The van der Waals surface area contributed by atoms with E-state index in [9.17, 15) is 18.4 Å². The van der Waals surface area contributed by atoms with E-state index >= 15 is 0 Å². The maximum Gasteiger partial charge on any atom is 0.464 e. The first-order valence-corrected chi connectivity index (χ1v) is 4.63. The average molecular weight is 244 g/mol. The standard InChI is InChI=1S/C10H7F3N2O2/c1-6-2-4-7(5-3-6)8-9(10(11,12)13)14-17-15(8)16/h2-5H,1H3. The van der Waals surface area contributed by atoms with E-state index < -0.39 is 17.6 Å². The molecule has 0 radical (unpaired) electrons. The van der Waals surface area contributed by atoms with Crippen LogP contribution in [0.1, 0.15) is 11.3 Å². The van der Waals surface area contributed by atoms with E-state index in [2.05, 4.69) is 9.79 Å². The Hall–Kier alpha value is -2.05. The zero-order chi connectivity index (χ0) is 12.6. The van der Waals surface area contributed by atoms with Crippen LogP contribution in [0.3, 0.4) is 0 Å². The Labute approximate surface area is 93.8 Å². The number of rotatable bonds is 1. The highest BCUT2D eigenvalue weighted by Crippen LogP contribution is 2.33. The van der Waals surface area contributed by atoms with Gasteiger partial charge in [-0.3, -0.25) is 4.63 Å². The molecule has 7 heteroatoms. The lowest BCUT2D eigenvalue weighted by atomic mass is 10.1. The van der Waals surface area contributed by atoms with E-state index in [1.165, 1.54) is 12.1 Å². The Kier molecular flexibility index (Phi) is 2.53. The van der Waals surface area contributed by atoms with Crippen LogP contribution in [0.5, 0.6) is 0 Å². The summed E-state index contributed by atoms with van der Waals surface area (Å²) in [5.74, 6) is 0. The molecule has 90 valence electrons. The van der Waals surface area contributed by atoms with Gasteiger partial charge >= 0.3 is 11.9 Å². The van der Waals surface area contributed by atoms with Crippen molar-refractivity contribution in [2.24, 2.45) is 0 Å². The number of aryl methyl sites for hydroxylation is 1. The SMILES string of the molecule is Cc1ccc(-c2c(C(F)(F)F)no[n+]2[O-])cc1. The van der Waals surface area contributed by atoms with Crippen LogP contribution >= 0.6 is 0 Å². The number of aromatic nitrogens is 2. The van der Waals surface area contributed by atoms with Crippen LogP contribution in [0.25, 0.3) is 11.3 Å². The Morgan fingerprint density at radius 1 is 1.24 bits per heavy atom. The molecular weight excluding hydrogens is 237 g/mol. The van der Waals surface area contributed by atoms with Crippen molar-refractivity contribution in [2.75, 3.05) is 0 Å². The largest absolute Gasteiger partial charge is 0.464 e. The number of hydrogen-bond acceptors (Lipinski definition) is 3. The monoisotopic (exact) mass is 244 g/mol. The summed E-state index contributed by atoms with van der Waals surface area (Å²) < 4.78 is 41.7. The van der Waals surface area contributed by atoms with Gasteiger partial charge in [-0.25, -0.2) is 0 Å². The van der Waals surface area contributed by atoms with Gasteiger partial charge in [0.25, 0.3) is 0 Å². The summed E-state index contributed by atoms with van der Waals surface area (Å²) in [7, 11) is 0. The molecule has 0 unspecified atom stereocenters. The maximum atomic E-state index is 12.6. The van der Waals surface area contributed by atoms with Gasteiger partial charge in [-0.2, -0.15) is 13.2 Å². The smallest absolute Gasteiger partial charge is 0.359 e. The van der Waals surface area contributed by atoms with E-state index in [-0.39, 0.29) is 10.5 Å². The molecule has 0 aliphatic heterocycles. The molecule has 0 amide bonds. The number of alkyl halides is 3. The van der Waals surface area contributed by atoms with E-state index in [0.29, 0.717) is 0 Å². The quantitative estimate of drug-likeness (QED) is 0.723. The van der Waals surface area contributed by atoms with Crippen LogP contribution < -0.4 is 4.90 Å². The first-order valence-electron chi connectivity index (χ1n) is 4.63. The van der Waals surface area contributed by atoms with Crippen molar-refractivity contribution in [3.63, 3.8) is 0 Å². The normalized spacial score (nSPS) is 11.8. The molecule has 0 aliphatic carbocycles. The Morgan fingerprint density at radius 2 is 1.82 bits per heavy atom. The molecule has 1 heterocycles. The topological polar surface area (TPSA) is 53.0 Å². The van der Waals surface area contributed by atoms with Crippen molar-refractivity contribution in [1.82, 2.24) is 5.16 Å². The molecule has 0 saturated carbocycles. The summed E-state index contributed by atoms with van der Waals surface area (Å²) in [5.41, 5.74) is -0.968. The fourth-order valence-electron chi connectivity index (χ4n) is 1.39. The number of halogens is 3. The van der Waals surface area contributed by atoms with Gasteiger partial charge in [0.15, 0.2) is 0 Å². The minimum Gasteiger partial charge on any atom is -0.359 e. The zero-order valence-corrected chi connectivity index (χ0v) is 8.65. The number of benzene rings is 1. The predicted octanol–water partition coefficient (Wildman–Crippen LogP) is 2.30. The molecule has 0 spiro atoms. The first-order chi connectivity index (χ1) is 7.89. The van der Waals surface area contributed by atoms with Gasteiger partial charge in [-0.15, -0.1) is 0 Å². The van der Waals surface area contributed by atoms with Crippen LogP contribution in [0.4, 0.5) is 13.2 Å². The fourth-order valence-corrected chi connectivity index (χ4v) is 1.39. The lowest BCUT2D eigenvalue weighted by Gasteiger charge is -2.02. The molecule has 1 aromatic carbocycles. The summed E-state index contributed by atoms with van der Waals surface area (Å²) in [5, 5.41) is 13.9. The van der Waals surface area contributed by atoms with Crippen molar-refractivity contribution in [2.45, 2.75) is 13.1 Å². The lowest BCUT2D eigenvalue weighted by Crippen LogP contribution is -2.26. The van der Waals surface area contributed by atoms with E-state index in [1.807, 2.05) is 0 Å². The number of nitrogens with zero attached hydrogens (tertiary/aromatic N) is 2. The van der Waals surface area contributed by atoms with Crippen LogP contribution in [0, 0.1) is 12.1 Å². The third-order valence-electron chi connectivity index (χ3n) is 2.21. The fraction of sp³-hybridized carbons (Fsp3) is 0.200. The molecule has 0 atom stereocenters. The van der Waals surface area contributed by atoms with Crippen LogP contribution in [0.2, 0.25) is 0 Å². The zero-order valence-electron chi connectivity index (χ0n) is 8.65. The Bertz CT molecular complexity index is 531. The van der Waals surface area contributed by atoms with Crippen molar-refractivity contribution in [1.29, 1.82) is 0 Å². The third kappa shape index (κ3) is 2.08. The summed E-state index contributed by atoms with van der Waals surface area (Å²) in [6.07, 6.45) is -4.72. The second kappa shape index (κ2) is 3.76. The van der Waals surface area contributed by atoms with Crippen LogP contribution in [0.15, 0.2) is 28.9 Å². The van der Waals surface area contributed by atoms with Gasteiger partial charge in [0.05, 0.1) is 5.16 Å². The second-order valence-corrected chi connectivity index (χ2v) is 3.49. The van der Waals surface area contributed by atoms with Gasteiger partial charge in [0, 0.05) is 5.56 Å². The van der Waals surface area contributed by atoms with Gasteiger partial charge in [0.1, 0.15) is 0 Å². The molecule has 2 rings (SSSR count). The molecule has 0 N–H and O–H groups in total. The predicted molar refractivity (Wildman–Crippen MR) is 50.6 cm³/mol. The molecule has 0 bridgehead atoms. The van der Waals surface area contributed by atoms with Crippen molar-refractivity contribution in [3.05, 3.63) is 40.7 Å². The maximum absolute atomic E-state index is 12.6. The molecule has 4 nitrogen and oxygen atoms in total. The summed E-state index contributed by atoms with van der Waals surface area (Å²) in [4.78, 5) is -0.243. The van der Waals surface area contributed by atoms with Crippen molar-refractivity contribution in [3.8, 4) is 11.3 Å². The van der Waals surface area contributed by atoms with Gasteiger partial charge in [-0.05, 0) is 11.8 Å². The third-order valence-corrected chi connectivity index (χ3v) is 2.21. The Morgan fingerprint density at radius 3 is 2.35 bits per heavy atom. The average Bonchev–Trinajstić information content (AvgIpc) is 2.61. The Balaban J connectivity index is 2.59. The molecule has 0 fully saturated rings. The highest BCUT2D eigenvalue weighted by atomic mass is 19.4. The van der Waals surface area contributed by atoms with Gasteiger partial charge in [0.2, 0.25) is 5.69 Å². The highest BCUT2D eigenvalue weighted by molar-refractivity contribution is 5.59. The second-order valence-electron chi connectivity index (χ2n) is 3.49. The van der Waals surface area contributed by atoms with Crippen molar-refractivity contribution >= 4 is 0 Å². The molecule has 0 saturated heterocycles. The van der Waals surface area contributed by atoms with Crippen molar-refractivity contribution < 1.29 is 22.7 Å². The van der Waals surface area contributed by atoms with Gasteiger partial charge in [-0.1, -0.05) is 29.8 Å². The van der Waals surface area contributed by atoms with Crippen LogP contribution in [-0.4, -0.2) is 5.16 Å². The first kappa shape index (κ1) is 11.4. The van der Waals surface area contributed by atoms with Crippen LogP contribution in [-0.2, 0) is 6.18 Å². The van der Waals surface area contributed by atoms with Gasteiger partial charge < -0.3 is 5.21 Å². The molecule has 1 aromatic heterocycles. The molecular formula is C10H7F3N2O2. The van der Waals surface area contributed by atoms with E-state index in [0.717, 1.165) is 5.56 Å². The molecule has 17 heavy (non-hydrogen) atoms. The summed E-state index contributed by atoms with van der Waals surface area (Å²) in [6, 6.07) is 6.02. The molecule has 0 aliphatic rings. The van der Waals surface area contributed by atoms with E-state index in [4.69, 9.17) is 0 Å². The summed E-state index contributed by atoms with van der Waals surface area (Å²) >= 11 is 0. The minimum atomic E-state index is -4.72. The lowest BCUT2D eigenvalue weighted by molar-refractivity contribution is -0.793. The van der Waals surface area contributed by atoms with E-state index in [1.54, 1.807) is 19.1 Å². The highest BCUT2D eigenvalue weighted by Gasteiger charge is 2.45. The summed E-state index contributed by atoms with van der Waals surface area (Å²) in [6.45, 7) is 1.79. The minimum absolute atomic E-state index is 0.110. The number of hydrogen-bond donors (Lipinski definition) is 0. The molecule has 2 aromatic rings.